The van der Waals surface area contributed by atoms with Crippen LogP contribution in [0.1, 0.15) is 38.8 Å². The summed E-state index contributed by atoms with van der Waals surface area (Å²) < 4.78 is 26.9. The quantitative estimate of drug-likeness (QED) is 0.931. The fraction of sp³-hybridized carbons (Fsp3) is 0.600. The van der Waals surface area contributed by atoms with Gasteiger partial charge in [-0.1, -0.05) is 26.8 Å². The van der Waals surface area contributed by atoms with Gasteiger partial charge in [-0.25, -0.2) is 8.42 Å². The molecular weight excluding hydrogens is 272 g/mol. The van der Waals surface area contributed by atoms with E-state index in [0.717, 1.165) is 18.7 Å². The van der Waals surface area contributed by atoms with Crippen molar-refractivity contribution in [1.82, 2.24) is 9.62 Å². The Morgan fingerprint density at radius 2 is 1.80 bits per heavy atom. The molecule has 0 bridgehead atoms. The van der Waals surface area contributed by atoms with E-state index >= 15 is 0 Å². The van der Waals surface area contributed by atoms with Crippen molar-refractivity contribution in [3.8, 4) is 0 Å². The molecule has 0 spiro atoms. The highest BCUT2D eigenvalue weighted by molar-refractivity contribution is 7.89. The number of sulfonamides is 1. The normalized spacial score (nSPS) is 17.3. The van der Waals surface area contributed by atoms with Crippen LogP contribution in [0.3, 0.4) is 0 Å². The maximum atomic E-state index is 12.7. The van der Waals surface area contributed by atoms with Gasteiger partial charge in [0.05, 0.1) is 4.90 Å². The lowest BCUT2D eigenvalue weighted by Gasteiger charge is -2.34. The highest BCUT2D eigenvalue weighted by atomic mass is 32.2. The molecule has 5 heteroatoms. The molecule has 0 radical (unpaired) electrons. The van der Waals surface area contributed by atoms with Gasteiger partial charge in [-0.05, 0) is 35.6 Å². The molecule has 1 atom stereocenters. The van der Waals surface area contributed by atoms with E-state index in [1.54, 1.807) is 19.2 Å². The first-order valence-corrected chi connectivity index (χ1v) is 8.38. The van der Waals surface area contributed by atoms with Crippen molar-refractivity contribution < 1.29 is 8.42 Å². The van der Waals surface area contributed by atoms with Crippen molar-refractivity contribution in [2.45, 2.75) is 51.7 Å². The van der Waals surface area contributed by atoms with E-state index in [2.05, 4.69) is 26.1 Å². The Hall–Kier alpha value is -0.910. The molecule has 0 saturated heterocycles. The SMILES string of the molecule is CC(N(C)S(=O)(=O)c1ccc2c(c1)CNC2)C(C)(C)C. The molecule has 1 aromatic carbocycles. The van der Waals surface area contributed by atoms with Crippen molar-refractivity contribution in [3.05, 3.63) is 29.3 Å². The van der Waals surface area contributed by atoms with Crippen LogP contribution in [0.2, 0.25) is 0 Å². The Morgan fingerprint density at radius 1 is 1.20 bits per heavy atom. The smallest absolute Gasteiger partial charge is 0.243 e. The summed E-state index contributed by atoms with van der Waals surface area (Å²) in [5, 5.41) is 3.23. The third kappa shape index (κ3) is 2.75. The van der Waals surface area contributed by atoms with E-state index in [4.69, 9.17) is 0 Å². The maximum Gasteiger partial charge on any atom is 0.243 e. The number of nitrogens with zero attached hydrogens (tertiary/aromatic N) is 1. The molecule has 1 aliphatic heterocycles. The summed E-state index contributed by atoms with van der Waals surface area (Å²) in [6, 6.07) is 5.36. The molecule has 0 amide bonds. The van der Waals surface area contributed by atoms with Crippen molar-refractivity contribution in [2.75, 3.05) is 7.05 Å². The predicted octanol–water partition coefficient (Wildman–Crippen LogP) is 2.34. The summed E-state index contributed by atoms with van der Waals surface area (Å²) in [4.78, 5) is 0.388. The summed E-state index contributed by atoms with van der Waals surface area (Å²) in [5.74, 6) is 0. The van der Waals surface area contributed by atoms with Gasteiger partial charge in [-0.3, -0.25) is 0 Å². The topological polar surface area (TPSA) is 49.4 Å². The van der Waals surface area contributed by atoms with Crippen LogP contribution in [-0.4, -0.2) is 25.8 Å². The highest BCUT2D eigenvalue weighted by Gasteiger charge is 2.32. The van der Waals surface area contributed by atoms with Gasteiger partial charge < -0.3 is 5.32 Å². The molecule has 2 rings (SSSR count). The maximum absolute atomic E-state index is 12.7. The van der Waals surface area contributed by atoms with E-state index in [0.29, 0.717) is 4.90 Å². The zero-order valence-corrected chi connectivity index (χ0v) is 13.7. The van der Waals surface area contributed by atoms with Gasteiger partial charge in [-0.2, -0.15) is 4.31 Å². The lowest BCUT2D eigenvalue weighted by atomic mass is 9.88. The Labute approximate surface area is 122 Å². The third-order valence-electron chi connectivity index (χ3n) is 4.28. The first kappa shape index (κ1) is 15.5. The largest absolute Gasteiger partial charge is 0.309 e. The fourth-order valence-electron chi connectivity index (χ4n) is 2.35. The minimum atomic E-state index is -3.44. The van der Waals surface area contributed by atoms with Crippen LogP contribution < -0.4 is 5.32 Å². The van der Waals surface area contributed by atoms with Crippen LogP contribution in [0.5, 0.6) is 0 Å². The van der Waals surface area contributed by atoms with Gasteiger partial charge >= 0.3 is 0 Å². The second-order valence-corrected chi connectivity index (χ2v) is 8.59. The Kier molecular flexibility index (Phi) is 3.97. The van der Waals surface area contributed by atoms with Gasteiger partial charge in [0.1, 0.15) is 0 Å². The molecule has 1 N–H and O–H groups in total. The van der Waals surface area contributed by atoms with Crippen molar-refractivity contribution >= 4 is 10.0 Å². The third-order valence-corrected chi connectivity index (χ3v) is 6.21. The molecule has 0 fully saturated rings. The van der Waals surface area contributed by atoms with Crippen molar-refractivity contribution in [3.63, 3.8) is 0 Å². The summed E-state index contributed by atoms with van der Waals surface area (Å²) in [6.45, 7) is 9.68. The van der Waals surface area contributed by atoms with Crippen LogP contribution in [0.25, 0.3) is 0 Å². The minimum Gasteiger partial charge on any atom is -0.309 e. The Balaban J connectivity index is 2.35. The zero-order chi connectivity index (χ0) is 15.1. The molecule has 112 valence electrons. The van der Waals surface area contributed by atoms with Crippen molar-refractivity contribution in [1.29, 1.82) is 0 Å². The first-order chi connectivity index (χ1) is 9.14. The summed E-state index contributed by atoms with van der Waals surface area (Å²) in [7, 11) is -1.77. The average Bonchev–Trinajstić information content (AvgIpc) is 2.82. The number of fused-ring (bicyclic) bond motifs is 1. The minimum absolute atomic E-state index is 0.0705. The average molecular weight is 296 g/mol. The lowest BCUT2D eigenvalue weighted by molar-refractivity contribution is 0.216. The fourth-order valence-corrected chi connectivity index (χ4v) is 3.95. The molecule has 0 aliphatic carbocycles. The van der Waals surface area contributed by atoms with Crippen LogP contribution >= 0.6 is 0 Å². The van der Waals surface area contributed by atoms with Crippen molar-refractivity contribution in [2.24, 2.45) is 5.41 Å². The van der Waals surface area contributed by atoms with Crippen LogP contribution in [0.4, 0.5) is 0 Å². The summed E-state index contributed by atoms with van der Waals surface area (Å²) >= 11 is 0. The molecule has 20 heavy (non-hydrogen) atoms. The summed E-state index contributed by atoms with van der Waals surface area (Å²) in [5.41, 5.74) is 2.18. The van der Waals surface area contributed by atoms with E-state index < -0.39 is 10.0 Å². The van der Waals surface area contributed by atoms with Crippen LogP contribution in [0.15, 0.2) is 23.1 Å². The molecule has 1 aromatic rings. The van der Waals surface area contributed by atoms with Gasteiger partial charge in [0, 0.05) is 26.2 Å². The van der Waals surface area contributed by atoms with Gasteiger partial charge in [0.15, 0.2) is 0 Å². The second kappa shape index (κ2) is 5.13. The van der Waals surface area contributed by atoms with Gasteiger partial charge in [0.25, 0.3) is 0 Å². The first-order valence-electron chi connectivity index (χ1n) is 6.94. The monoisotopic (exact) mass is 296 g/mol. The lowest BCUT2D eigenvalue weighted by Crippen LogP contribution is -2.42. The molecule has 0 aromatic heterocycles. The molecule has 1 heterocycles. The number of benzene rings is 1. The highest BCUT2D eigenvalue weighted by Crippen LogP contribution is 2.29. The molecule has 0 saturated carbocycles. The van der Waals surface area contributed by atoms with Crippen LogP contribution in [-0.2, 0) is 23.1 Å². The number of hydrogen-bond donors (Lipinski definition) is 1. The van der Waals surface area contributed by atoms with E-state index in [1.165, 1.54) is 9.87 Å². The Bertz CT molecular complexity index is 603. The summed E-state index contributed by atoms with van der Waals surface area (Å²) in [6.07, 6.45) is 0. The molecular formula is C15H24N2O2S. The van der Waals surface area contributed by atoms with E-state index in [-0.39, 0.29) is 11.5 Å². The second-order valence-electron chi connectivity index (χ2n) is 6.60. The van der Waals surface area contributed by atoms with Gasteiger partial charge in [-0.15, -0.1) is 0 Å². The standard InChI is InChI=1S/C15H24N2O2S/c1-11(15(2,3)4)17(5)20(18,19)14-7-6-12-9-16-10-13(12)8-14/h6-8,11,16H,9-10H2,1-5H3. The van der Waals surface area contributed by atoms with E-state index in [9.17, 15) is 8.42 Å². The number of rotatable bonds is 3. The molecule has 1 unspecified atom stereocenters. The van der Waals surface area contributed by atoms with Gasteiger partial charge in [0.2, 0.25) is 10.0 Å². The van der Waals surface area contributed by atoms with Crippen LogP contribution in [0, 0.1) is 5.41 Å². The Morgan fingerprint density at radius 3 is 2.40 bits per heavy atom. The number of hydrogen-bond acceptors (Lipinski definition) is 3. The molecule has 1 aliphatic rings. The number of nitrogens with one attached hydrogen (secondary N) is 1. The predicted molar refractivity (Wildman–Crippen MR) is 80.9 cm³/mol. The zero-order valence-electron chi connectivity index (χ0n) is 12.9. The molecule has 4 nitrogen and oxygen atoms in total. The van der Waals surface area contributed by atoms with E-state index in [1.807, 2.05) is 13.0 Å².